The van der Waals surface area contributed by atoms with E-state index in [4.69, 9.17) is 0 Å². The molecule has 1 aliphatic heterocycles. The van der Waals surface area contributed by atoms with Crippen LogP contribution in [-0.4, -0.2) is 20.5 Å². The number of rotatable bonds is 4. The number of aromatic nitrogens is 1. The van der Waals surface area contributed by atoms with Crippen molar-refractivity contribution < 1.29 is 9.90 Å². The number of pyridine rings is 1. The number of nitrogens with one attached hydrogen (secondary N) is 1. The fraction of sp³-hybridized carbons (Fsp3) is 0.222. The van der Waals surface area contributed by atoms with Crippen molar-refractivity contribution in [1.29, 1.82) is 0 Å². The average Bonchev–Trinajstić information content (AvgIpc) is 2.97. The highest BCUT2D eigenvalue weighted by molar-refractivity contribution is 5.86. The third kappa shape index (κ3) is 3.03. The number of hydrogen-bond acceptors (Lipinski definition) is 4. The fourth-order valence-corrected chi connectivity index (χ4v) is 2.89. The van der Waals surface area contributed by atoms with Gasteiger partial charge in [-0.15, -0.1) is 0 Å². The number of carboxylic acids is 1. The summed E-state index contributed by atoms with van der Waals surface area (Å²) < 4.78 is 1.52. The van der Waals surface area contributed by atoms with Gasteiger partial charge in [-0.25, -0.2) is 4.79 Å². The molecule has 1 atom stereocenters. The van der Waals surface area contributed by atoms with E-state index in [1.807, 2.05) is 35.2 Å². The molecule has 1 unspecified atom stereocenters. The van der Waals surface area contributed by atoms with Gasteiger partial charge in [0, 0.05) is 37.1 Å². The quantitative estimate of drug-likeness (QED) is 0.895. The first-order chi connectivity index (χ1) is 11.5. The van der Waals surface area contributed by atoms with E-state index in [2.05, 4.69) is 5.32 Å². The monoisotopic (exact) mass is 325 g/mol. The average molecular weight is 325 g/mol. The van der Waals surface area contributed by atoms with Gasteiger partial charge in [-0.05, 0) is 18.6 Å². The van der Waals surface area contributed by atoms with Gasteiger partial charge in [0.25, 0.3) is 5.56 Å². The Morgan fingerprint density at radius 2 is 2.00 bits per heavy atom. The molecule has 0 saturated carbocycles. The Morgan fingerprint density at radius 3 is 2.62 bits per heavy atom. The van der Waals surface area contributed by atoms with E-state index < -0.39 is 5.97 Å². The highest BCUT2D eigenvalue weighted by Crippen LogP contribution is 2.27. The molecule has 3 rings (SSSR count). The van der Waals surface area contributed by atoms with Crippen molar-refractivity contribution >= 4 is 5.97 Å². The lowest BCUT2D eigenvalue weighted by Crippen LogP contribution is -2.30. The Hall–Kier alpha value is -3.02. The molecule has 6 heteroatoms. The van der Waals surface area contributed by atoms with E-state index in [1.54, 1.807) is 32.4 Å². The lowest BCUT2D eigenvalue weighted by atomic mass is 10.1. The van der Waals surface area contributed by atoms with Crippen molar-refractivity contribution in [2.24, 2.45) is 7.05 Å². The smallest absolute Gasteiger partial charge is 0.353 e. The van der Waals surface area contributed by atoms with Gasteiger partial charge >= 0.3 is 5.97 Å². The van der Waals surface area contributed by atoms with Crippen molar-refractivity contribution in [2.75, 3.05) is 0 Å². The maximum Gasteiger partial charge on any atom is 0.353 e. The molecule has 1 aromatic heterocycles. The van der Waals surface area contributed by atoms with Gasteiger partial charge in [-0.3, -0.25) is 4.79 Å². The number of hydrogen-bond donors (Lipinski definition) is 2. The molecule has 0 aliphatic carbocycles. The molecule has 0 spiro atoms. The number of aliphatic carboxylic acids is 1. The van der Waals surface area contributed by atoms with Crippen molar-refractivity contribution in [1.82, 2.24) is 14.8 Å². The zero-order chi connectivity index (χ0) is 17.3. The minimum Gasteiger partial charge on any atom is -0.477 e. The second kappa shape index (κ2) is 6.23. The minimum atomic E-state index is -1.00. The maximum atomic E-state index is 11.9. The summed E-state index contributed by atoms with van der Waals surface area (Å²) in [4.78, 5) is 25.2. The number of nitrogens with zero attached hydrogens (tertiary/aromatic N) is 2. The second-order valence-corrected chi connectivity index (χ2v) is 5.93. The van der Waals surface area contributed by atoms with Crippen LogP contribution in [0.5, 0.6) is 0 Å². The first-order valence-electron chi connectivity index (χ1n) is 7.64. The van der Waals surface area contributed by atoms with Crippen LogP contribution >= 0.6 is 0 Å². The Balaban J connectivity index is 1.96. The summed E-state index contributed by atoms with van der Waals surface area (Å²) in [5, 5.41) is 12.3. The van der Waals surface area contributed by atoms with Crippen LogP contribution in [0.1, 0.15) is 22.9 Å². The first-order valence-corrected chi connectivity index (χ1v) is 7.64. The van der Waals surface area contributed by atoms with Crippen molar-refractivity contribution in [3.05, 3.63) is 81.5 Å². The summed E-state index contributed by atoms with van der Waals surface area (Å²) in [6.07, 6.45) is 3.02. The number of aryl methyl sites for hydroxylation is 2. The molecule has 1 aromatic carbocycles. The Labute approximate surface area is 139 Å². The summed E-state index contributed by atoms with van der Waals surface area (Å²) in [6, 6.07) is 11.6. The van der Waals surface area contributed by atoms with Gasteiger partial charge in [0.2, 0.25) is 0 Å². The standard InChI is InChI=1S/C18H19N3O3/c1-12-8-14(10-20(2)17(12)22)16-19-15(18(23)24)11-21(16)9-13-6-4-3-5-7-13/h3-8,10-11,16,19H,9H2,1-2H3,(H,23,24). The van der Waals surface area contributed by atoms with E-state index >= 15 is 0 Å². The largest absolute Gasteiger partial charge is 0.477 e. The van der Waals surface area contributed by atoms with Gasteiger partial charge in [-0.1, -0.05) is 30.3 Å². The summed E-state index contributed by atoms with van der Waals surface area (Å²) in [6.45, 7) is 2.32. The van der Waals surface area contributed by atoms with E-state index in [-0.39, 0.29) is 17.4 Å². The third-order valence-electron chi connectivity index (χ3n) is 4.06. The van der Waals surface area contributed by atoms with Crippen LogP contribution in [0.25, 0.3) is 0 Å². The Bertz CT molecular complexity index is 829. The van der Waals surface area contributed by atoms with Gasteiger partial charge in [0.05, 0.1) is 0 Å². The molecule has 2 N–H and O–H groups in total. The predicted octanol–water partition coefficient (Wildman–Crippen LogP) is 1.72. The molecule has 1 aliphatic rings. The van der Waals surface area contributed by atoms with Gasteiger partial charge in [0.15, 0.2) is 0 Å². The van der Waals surface area contributed by atoms with Crippen molar-refractivity contribution in [3.63, 3.8) is 0 Å². The molecular weight excluding hydrogens is 306 g/mol. The van der Waals surface area contributed by atoms with Crippen LogP contribution in [0.3, 0.4) is 0 Å². The van der Waals surface area contributed by atoms with Crippen molar-refractivity contribution in [2.45, 2.75) is 19.6 Å². The number of carbonyl (C=O) groups is 1. The molecule has 24 heavy (non-hydrogen) atoms. The molecule has 0 radical (unpaired) electrons. The molecule has 0 amide bonds. The van der Waals surface area contributed by atoms with Crippen molar-refractivity contribution in [3.8, 4) is 0 Å². The number of benzene rings is 1. The van der Waals surface area contributed by atoms with E-state index in [1.165, 1.54) is 4.57 Å². The Morgan fingerprint density at radius 1 is 1.29 bits per heavy atom. The van der Waals surface area contributed by atoms with Gasteiger partial charge in [0.1, 0.15) is 11.9 Å². The molecule has 124 valence electrons. The van der Waals surface area contributed by atoms with E-state index in [9.17, 15) is 14.7 Å². The molecule has 0 fully saturated rings. The normalized spacial score (nSPS) is 16.7. The van der Waals surface area contributed by atoms with Crippen LogP contribution in [0.15, 0.2) is 59.3 Å². The SMILES string of the molecule is Cc1cc(C2NC(C(=O)O)=CN2Cc2ccccc2)cn(C)c1=O. The molecular formula is C18H19N3O3. The maximum absolute atomic E-state index is 11.9. The zero-order valence-electron chi connectivity index (χ0n) is 13.6. The lowest BCUT2D eigenvalue weighted by Gasteiger charge is -2.26. The molecule has 0 bridgehead atoms. The summed E-state index contributed by atoms with van der Waals surface area (Å²) in [5.41, 5.74) is 2.63. The zero-order valence-corrected chi connectivity index (χ0v) is 13.6. The summed E-state index contributed by atoms with van der Waals surface area (Å²) in [7, 11) is 1.70. The highest BCUT2D eigenvalue weighted by Gasteiger charge is 2.29. The molecule has 0 saturated heterocycles. The van der Waals surface area contributed by atoms with Crippen LogP contribution in [0.2, 0.25) is 0 Å². The predicted molar refractivity (Wildman–Crippen MR) is 90.0 cm³/mol. The third-order valence-corrected chi connectivity index (χ3v) is 4.06. The minimum absolute atomic E-state index is 0.0576. The Kier molecular flexibility index (Phi) is 4.12. The lowest BCUT2D eigenvalue weighted by molar-refractivity contribution is -0.133. The van der Waals surface area contributed by atoms with Gasteiger partial charge < -0.3 is 19.9 Å². The van der Waals surface area contributed by atoms with Crippen LogP contribution in [0.4, 0.5) is 0 Å². The highest BCUT2D eigenvalue weighted by atomic mass is 16.4. The molecule has 2 aromatic rings. The van der Waals surface area contributed by atoms with E-state index in [0.717, 1.165) is 11.1 Å². The summed E-state index contributed by atoms with van der Waals surface area (Å²) >= 11 is 0. The molecule has 6 nitrogen and oxygen atoms in total. The first kappa shape index (κ1) is 15.9. The van der Waals surface area contributed by atoms with Gasteiger partial charge in [-0.2, -0.15) is 0 Å². The fourth-order valence-electron chi connectivity index (χ4n) is 2.89. The summed E-state index contributed by atoms with van der Waals surface area (Å²) in [5.74, 6) is -1.00. The van der Waals surface area contributed by atoms with Crippen LogP contribution in [-0.2, 0) is 18.4 Å². The van der Waals surface area contributed by atoms with Crippen LogP contribution in [0, 0.1) is 6.92 Å². The molecule has 2 heterocycles. The van der Waals surface area contributed by atoms with Crippen LogP contribution < -0.4 is 10.9 Å². The second-order valence-electron chi connectivity index (χ2n) is 5.93. The van der Waals surface area contributed by atoms with E-state index in [0.29, 0.717) is 12.1 Å². The topological polar surface area (TPSA) is 74.6 Å². The number of carboxylic acid groups (broad SMARTS) is 1.